The predicted molar refractivity (Wildman–Crippen MR) is 134 cm³/mol. The van der Waals surface area contributed by atoms with E-state index in [9.17, 15) is 14.3 Å². The van der Waals surface area contributed by atoms with Crippen LogP contribution in [0.4, 0.5) is 10.1 Å². The predicted octanol–water partition coefficient (Wildman–Crippen LogP) is 4.64. The highest BCUT2D eigenvalue weighted by Gasteiger charge is 2.23. The number of piperazine rings is 1. The zero-order valence-corrected chi connectivity index (χ0v) is 19.5. The molecule has 1 aliphatic rings. The fourth-order valence-corrected chi connectivity index (χ4v) is 3.84. The molecule has 3 aromatic rings. The van der Waals surface area contributed by atoms with Gasteiger partial charge in [0.2, 0.25) is 5.76 Å². The number of carbonyl (C=O) groups excluding carboxylic acids is 1. The second-order valence-electron chi connectivity index (χ2n) is 7.84. The summed E-state index contributed by atoms with van der Waals surface area (Å²) in [5.74, 6) is -0.865. The Kier molecular flexibility index (Phi) is 7.64. The van der Waals surface area contributed by atoms with Crippen LogP contribution in [0.5, 0.6) is 11.5 Å². The van der Waals surface area contributed by atoms with Crippen LogP contribution in [0.3, 0.4) is 0 Å². The Bertz CT molecular complexity index is 1240. The molecule has 3 aromatic carbocycles. The van der Waals surface area contributed by atoms with E-state index in [0.717, 1.165) is 25.4 Å². The third-order valence-corrected chi connectivity index (χ3v) is 5.73. The van der Waals surface area contributed by atoms with Crippen molar-refractivity contribution < 1.29 is 19.0 Å². The van der Waals surface area contributed by atoms with Crippen LogP contribution >= 0.6 is 11.6 Å². The number of phenols is 1. The molecule has 1 amide bonds. The van der Waals surface area contributed by atoms with Gasteiger partial charge >= 0.3 is 0 Å². The summed E-state index contributed by atoms with van der Waals surface area (Å²) in [4.78, 5) is 15.2. The Morgan fingerprint density at radius 2 is 1.77 bits per heavy atom. The van der Waals surface area contributed by atoms with Crippen LogP contribution in [-0.2, 0) is 4.79 Å². The van der Waals surface area contributed by atoms with Gasteiger partial charge in [0.05, 0.1) is 0 Å². The molecule has 0 atom stereocenters. The quantitative estimate of drug-likeness (QED) is 0.218. The van der Waals surface area contributed by atoms with Crippen molar-refractivity contribution in [3.63, 3.8) is 0 Å². The number of nitrogens with one attached hydrogen (secondary N) is 3. The van der Waals surface area contributed by atoms with Crippen LogP contribution in [0.2, 0.25) is 5.02 Å². The number of rotatable bonds is 7. The van der Waals surface area contributed by atoms with Crippen LogP contribution in [0.25, 0.3) is 11.1 Å². The summed E-state index contributed by atoms with van der Waals surface area (Å²) >= 11 is 5.94. The Morgan fingerprint density at radius 3 is 2.40 bits per heavy atom. The van der Waals surface area contributed by atoms with Gasteiger partial charge in [0.1, 0.15) is 23.0 Å². The minimum atomic E-state index is -0.528. The van der Waals surface area contributed by atoms with Crippen molar-refractivity contribution in [1.82, 2.24) is 10.2 Å². The standard InChI is InChI=1S/C26H24ClFN4O3/c27-18-3-6-20(7-4-18)31-26(34)25(23(16-29)32-13-11-30-12-14-32)35-21-8-1-17(2-9-21)22-10-5-19(28)15-24(22)33/h1-10,15-16,29-30,33H,11-14H2,(H,31,34)/b25-23-,29-16?. The first-order valence-corrected chi connectivity index (χ1v) is 11.4. The van der Waals surface area contributed by atoms with Crippen molar-refractivity contribution in [3.8, 4) is 22.6 Å². The summed E-state index contributed by atoms with van der Waals surface area (Å²) in [6, 6.07) is 17.2. The first-order chi connectivity index (χ1) is 16.9. The Hall–Kier alpha value is -3.88. The number of anilines is 1. The van der Waals surface area contributed by atoms with Crippen LogP contribution in [-0.4, -0.2) is 48.3 Å². The molecule has 4 N–H and O–H groups in total. The fourth-order valence-electron chi connectivity index (χ4n) is 3.71. The number of aromatic hydroxyl groups is 1. The molecular formula is C26H24ClFN4O3. The van der Waals surface area contributed by atoms with E-state index in [2.05, 4.69) is 10.6 Å². The van der Waals surface area contributed by atoms with E-state index in [0.29, 0.717) is 46.4 Å². The van der Waals surface area contributed by atoms with Gasteiger partial charge < -0.3 is 30.8 Å². The SMILES string of the molecule is N=C/C(=C(/Oc1ccc(-c2ccc(F)cc2O)cc1)C(=O)Nc1ccc(Cl)cc1)N1CCNCC1. The number of hydrogen-bond donors (Lipinski definition) is 4. The number of hydrogen-bond acceptors (Lipinski definition) is 6. The maximum atomic E-state index is 13.3. The molecule has 0 bridgehead atoms. The molecule has 9 heteroatoms. The first-order valence-electron chi connectivity index (χ1n) is 11.0. The van der Waals surface area contributed by atoms with Crippen molar-refractivity contribution in [1.29, 1.82) is 5.41 Å². The van der Waals surface area contributed by atoms with Crippen molar-refractivity contribution in [2.75, 3.05) is 31.5 Å². The molecule has 4 rings (SSSR count). The molecule has 7 nitrogen and oxygen atoms in total. The molecule has 180 valence electrons. The molecule has 0 saturated carbocycles. The van der Waals surface area contributed by atoms with Crippen molar-refractivity contribution >= 4 is 29.4 Å². The third-order valence-electron chi connectivity index (χ3n) is 5.48. The lowest BCUT2D eigenvalue weighted by atomic mass is 10.0. The molecular weight excluding hydrogens is 471 g/mol. The summed E-state index contributed by atoms with van der Waals surface area (Å²) in [6.45, 7) is 2.68. The normalized spacial score (nSPS) is 14.2. The van der Waals surface area contributed by atoms with E-state index in [-0.39, 0.29) is 11.5 Å². The summed E-state index contributed by atoms with van der Waals surface area (Å²) in [5, 5.41) is 24.7. The highest BCUT2D eigenvalue weighted by atomic mass is 35.5. The van der Waals surface area contributed by atoms with E-state index in [1.165, 1.54) is 12.1 Å². The van der Waals surface area contributed by atoms with Crippen molar-refractivity contribution in [2.45, 2.75) is 0 Å². The zero-order chi connectivity index (χ0) is 24.8. The zero-order valence-electron chi connectivity index (χ0n) is 18.7. The lowest BCUT2D eigenvalue weighted by Crippen LogP contribution is -2.44. The van der Waals surface area contributed by atoms with Crippen LogP contribution in [0.1, 0.15) is 0 Å². The second-order valence-corrected chi connectivity index (χ2v) is 8.28. The van der Waals surface area contributed by atoms with Gasteiger partial charge in [-0.3, -0.25) is 4.79 Å². The molecule has 0 aliphatic carbocycles. The van der Waals surface area contributed by atoms with Gasteiger partial charge in [0.15, 0.2) is 0 Å². The molecule has 0 spiro atoms. The van der Waals surface area contributed by atoms with Crippen LogP contribution in [0, 0.1) is 11.2 Å². The van der Waals surface area contributed by atoms with Crippen LogP contribution < -0.4 is 15.4 Å². The Morgan fingerprint density at radius 1 is 1.09 bits per heavy atom. The summed E-state index contributed by atoms with van der Waals surface area (Å²) in [6.07, 6.45) is 1.12. The highest BCUT2D eigenvalue weighted by Crippen LogP contribution is 2.31. The molecule has 1 aliphatic heterocycles. The monoisotopic (exact) mass is 494 g/mol. The summed E-state index contributed by atoms with van der Waals surface area (Å²) in [5.41, 5.74) is 2.01. The van der Waals surface area contributed by atoms with Gasteiger partial charge in [-0.1, -0.05) is 23.7 Å². The number of carbonyl (C=O) groups is 1. The third kappa shape index (κ3) is 5.98. The Balaban J connectivity index is 1.64. The number of nitrogens with zero attached hydrogens (tertiary/aromatic N) is 1. The lowest BCUT2D eigenvalue weighted by Gasteiger charge is -2.30. The van der Waals surface area contributed by atoms with Crippen molar-refractivity contribution in [3.05, 3.63) is 89.0 Å². The largest absolute Gasteiger partial charge is 0.507 e. The second kappa shape index (κ2) is 11.0. The van der Waals surface area contributed by atoms with Crippen molar-refractivity contribution in [2.24, 2.45) is 0 Å². The average molecular weight is 495 g/mol. The van der Waals surface area contributed by atoms with Gasteiger partial charge in [-0.2, -0.15) is 0 Å². The molecule has 0 aromatic heterocycles. The molecule has 1 saturated heterocycles. The summed E-state index contributed by atoms with van der Waals surface area (Å²) in [7, 11) is 0. The lowest BCUT2D eigenvalue weighted by molar-refractivity contribution is -0.115. The van der Waals surface area contributed by atoms with Crippen LogP contribution in [0.15, 0.2) is 78.2 Å². The fraction of sp³-hybridized carbons (Fsp3) is 0.154. The van der Waals surface area contributed by atoms with Gasteiger partial charge in [-0.15, -0.1) is 0 Å². The number of benzene rings is 3. The maximum absolute atomic E-state index is 13.3. The van der Waals surface area contributed by atoms with E-state index in [4.69, 9.17) is 21.7 Å². The average Bonchev–Trinajstić information content (AvgIpc) is 2.86. The van der Waals surface area contributed by atoms with E-state index >= 15 is 0 Å². The number of amides is 1. The maximum Gasteiger partial charge on any atom is 0.293 e. The van der Waals surface area contributed by atoms with E-state index < -0.39 is 11.7 Å². The highest BCUT2D eigenvalue weighted by molar-refractivity contribution is 6.30. The molecule has 0 unspecified atom stereocenters. The molecule has 1 heterocycles. The smallest absolute Gasteiger partial charge is 0.293 e. The summed E-state index contributed by atoms with van der Waals surface area (Å²) < 4.78 is 19.4. The van der Waals surface area contributed by atoms with Gasteiger partial charge in [-0.25, -0.2) is 4.39 Å². The number of halogens is 2. The van der Waals surface area contributed by atoms with E-state index in [1.54, 1.807) is 48.5 Å². The molecule has 0 radical (unpaired) electrons. The first kappa shape index (κ1) is 24.3. The topological polar surface area (TPSA) is 97.7 Å². The minimum absolute atomic E-state index is 0.0192. The molecule has 1 fully saturated rings. The number of ether oxygens (including phenoxy) is 1. The van der Waals surface area contributed by atoms with Gasteiger partial charge in [0, 0.05) is 54.7 Å². The number of allylic oxidation sites excluding steroid dienone is 1. The van der Waals surface area contributed by atoms with Gasteiger partial charge in [-0.05, 0) is 54.1 Å². The van der Waals surface area contributed by atoms with Gasteiger partial charge in [0.25, 0.3) is 5.91 Å². The molecule has 35 heavy (non-hydrogen) atoms. The Labute approximate surface area is 207 Å². The minimum Gasteiger partial charge on any atom is -0.507 e. The van der Waals surface area contributed by atoms with E-state index in [1.807, 2.05) is 4.90 Å². The number of phenolic OH excluding ortho intramolecular Hbond substituents is 1.